The Bertz CT molecular complexity index is 869. The van der Waals surface area contributed by atoms with E-state index in [0.29, 0.717) is 10.7 Å². The molecule has 9 heteroatoms. The van der Waals surface area contributed by atoms with Crippen LogP contribution in [0.25, 0.3) is 0 Å². The minimum Gasteiger partial charge on any atom is -0.321 e. The molecule has 0 heterocycles. The first-order valence-corrected chi connectivity index (χ1v) is 9.88. The lowest BCUT2D eigenvalue weighted by atomic mass is 10.2. The van der Waals surface area contributed by atoms with E-state index in [4.69, 9.17) is 11.6 Å². The van der Waals surface area contributed by atoms with E-state index in [2.05, 4.69) is 5.32 Å². The first-order valence-electron chi connectivity index (χ1n) is 7.65. The number of para-hydroxylation sites is 1. The summed E-state index contributed by atoms with van der Waals surface area (Å²) >= 11 is 5.80. The number of halogens is 3. The minimum absolute atomic E-state index is 0.0354. The van der Waals surface area contributed by atoms with Crippen LogP contribution in [0.1, 0.15) is 12.8 Å². The smallest absolute Gasteiger partial charge is 0.232 e. The van der Waals surface area contributed by atoms with Crippen molar-refractivity contribution >= 4 is 38.9 Å². The van der Waals surface area contributed by atoms with Crippen LogP contribution in [0.2, 0.25) is 5.02 Å². The Hall–Kier alpha value is -2.19. The number of carbonyl (C=O) groups is 1. The third kappa shape index (κ3) is 5.40. The van der Waals surface area contributed by atoms with E-state index in [1.807, 2.05) is 0 Å². The van der Waals surface area contributed by atoms with Gasteiger partial charge in [-0.05, 0) is 42.8 Å². The highest BCUT2D eigenvalue weighted by atomic mass is 35.5. The van der Waals surface area contributed by atoms with Gasteiger partial charge in [-0.25, -0.2) is 17.2 Å². The van der Waals surface area contributed by atoms with Crippen LogP contribution in [0, 0.1) is 11.6 Å². The number of benzene rings is 2. The van der Waals surface area contributed by atoms with Crippen molar-refractivity contribution in [2.24, 2.45) is 0 Å². The van der Waals surface area contributed by atoms with Crippen molar-refractivity contribution < 1.29 is 22.0 Å². The molecule has 1 amide bonds. The molecule has 0 aliphatic rings. The number of rotatable bonds is 7. The maximum absolute atomic E-state index is 13.5. The monoisotopic (exact) mass is 402 g/mol. The summed E-state index contributed by atoms with van der Waals surface area (Å²) in [4.78, 5) is 11.9. The zero-order valence-corrected chi connectivity index (χ0v) is 15.4. The molecule has 26 heavy (non-hydrogen) atoms. The maximum atomic E-state index is 13.5. The highest BCUT2D eigenvalue weighted by Crippen LogP contribution is 2.21. The Morgan fingerprint density at radius 2 is 1.69 bits per heavy atom. The van der Waals surface area contributed by atoms with Gasteiger partial charge in [-0.2, -0.15) is 0 Å². The second-order valence-electron chi connectivity index (χ2n) is 5.56. The van der Waals surface area contributed by atoms with Crippen LogP contribution in [0.5, 0.6) is 0 Å². The van der Waals surface area contributed by atoms with Crippen LogP contribution in [-0.4, -0.2) is 27.1 Å². The number of nitrogens with one attached hydrogen (secondary N) is 1. The van der Waals surface area contributed by atoms with E-state index in [0.717, 1.165) is 22.7 Å². The summed E-state index contributed by atoms with van der Waals surface area (Å²) in [6, 6.07) is 9.48. The second-order valence-corrected chi connectivity index (χ2v) is 7.90. The van der Waals surface area contributed by atoms with Gasteiger partial charge in [0.15, 0.2) is 0 Å². The lowest BCUT2D eigenvalue weighted by Crippen LogP contribution is -2.31. The molecule has 0 saturated heterocycles. The largest absolute Gasteiger partial charge is 0.321 e. The Morgan fingerprint density at radius 3 is 2.23 bits per heavy atom. The van der Waals surface area contributed by atoms with Crippen molar-refractivity contribution in [2.45, 2.75) is 12.8 Å². The predicted octanol–water partition coefficient (Wildman–Crippen LogP) is 3.80. The van der Waals surface area contributed by atoms with Crippen LogP contribution >= 0.6 is 11.6 Å². The number of nitrogens with zero attached hydrogens (tertiary/aromatic N) is 1. The zero-order chi connectivity index (χ0) is 19.3. The summed E-state index contributed by atoms with van der Waals surface area (Å²) in [6.07, 6.45) is 1.11. The van der Waals surface area contributed by atoms with Gasteiger partial charge in [0, 0.05) is 18.0 Å². The molecule has 0 fully saturated rings. The van der Waals surface area contributed by atoms with E-state index in [9.17, 15) is 22.0 Å². The van der Waals surface area contributed by atoms with Gasteiger partial charge in [-0.3, -0.25) is 9.10 Å². The normalized spacial score (nSPS) is 11.2. The molecule has 2 aromatic carbocycles. The standard InChI is InChI=1S/C17H17ClF2N2O3S/c1-26(24,25)22(13-9-7-12(18)8-10-13)11-3-6-16(23)21-17-14(19)4-2-5-15(17)20/h2,4-5,7-10H,3,6,11H2,1H3,(H,21,23). The summed E-state index contributed by atoms with van der Waals surface area (Å²) in [5, 5.41) is 2.63. The molecule has 0 unspecified atom stereocenters. The Kier molecular flexibility index (Phi) is 6.55. The van der Waals surface area contributed by atoms with Gasteiger partial charge in [0.25, 0.3) is 0 Å². The number of hydrogen-bond donors (Lipinski definition) is 1. The summed E-state index contributed by atoms with van der Waals surface area (Å²) in [7, 11) is -3.56. The maximum Gasteiger partial charge on any atom is 0.232 e. The van der Waals surface area contributed by atoms with Crippen molar-refractivity contribution in [3.63, 3.8) is 0 Å². The van der Waals surface area contributed by atoms with Gasteiger partial charge in [-0.15, -0.1) is 0 Å². The van der Waals surface area contributed by atoms with Gasteiger partial charge in [0.1, 0.15) is 17.3 Å². The second kappa shape index (κ2) is 8.46. The molecule has 0 saturated carbocycles. The highest BCUT2D eigenvalue weighted by Gasteiger charge is 2.18. The molecule has 0 spiro atoms. The minimum atomic E-state index is -3.56. The first kappa shape index (κ1) is 20.1. The van der Waals surface area contributed by atoms with Crippen molar-refractivity contribution in [3.05, 3.63) is 59.1 Å². The van der Waals surface area contributed by atoms with E-state index >= 15 is 0 Å². The van der Waals surface area contributed by atoms with Crippen molar-refractivity contribution in [1.29, 1.82) is 0 Å². The third-order valence-electron chi connectivity index (χ3n) is 3.51. The fourth-order valence-corrected chi connectivity index (χ4v) is 3.39. The molecule has 2 rings (SSSR count). The van der Waals surface area contributed by atoms with Crippen LogP contribution < -0.4 is 9.62 Å². The molecule has 140 valence electrons. The fourth-order valence-electron chi connectivity index (χ4n) is 2.30. The van der Waals surface area contributed by atoms with Gasteiger partial charge >= 0.3 is 0 Å². The Balaban J connectivity index is 1.99. The average Bonchev–Trinajstić information content (AvgIpc) is 2.55. The molecule has 0 atom stereocenters. The molecule has 5 nitrogen and oxygen atoms in total. The number of sulfonamides is 1. The number of anilines is 2. The molecule has 0 aliphatic carbocycles. The van der Waals surface area contributed by atoms with Gasteiger partial charge in [0.05, 0.1) is 11.9 Å². The molecular weight excluding hydrogens is 386 g/mol. The number of amides is 1. The zero-order valence-electron chi connectivity index (χ0n) is 13.9. The number of hydrogen-bond acceptors (Lipinski definition) is 3. The van der Waals surface area contributed by atoms with Gasteiger partial charge in [0.2, 0.25) is 15.9 Å². The molecule has 0 radical (unpaired) electrons. The van der Waals surface area contributed by atoms with Crippen LogP contribution in [-0.2, 0) is 14.8 Å². The summed E-state index contributed by atoms with van der Waals surface area (Å²) in [5.74, 6) is -2.37. The van der Waals surface area contributed by atoms with E-state index in [-0.39, 0.29) is 19.4 Å². The Labute approximate surface area is 155 Å². The molecule has 0 aromatic heterocycles. The molecule has 0 bridgehead atoms. The third-order valence-corrected chi connectivity index (χ3v) is 4.95. The molecule has 0 aliphatic heterocycles. The van der Waals surface area contributed by atoms with Crippen molar-refractivity contribution in [1.82, 2.24) is 0 Å². The average molecular weight is 403 g/mol. The van der Waals surface area contributed by atoms with Crippen LogP contribution in [0.4, 0.5) is 20.2 Å². The molecule has 1 N–H and O–H groups in total. The van der Waals surface area contributed by atoms with Crippen molar-refractivity contribution in [3.8, 4) is 0 Å². The first-order chi connectivity index (χ1) is 12.2. The SMILES string of the molecule is CS(=O)(=O)N(CCCC(=O)Nc1c(F)cccc1F)c1ccc(Cl)cc1. The molecular formula is C17H17ClF2N2O3S. The summed E-state index contributed by atoms with van der Waals surface area (Å²) in [6.45, 7) is 0.0354. The van der Waals surface area contributed by atoms with Gasteiger partial charge in [-0.1, -0.05) is 17.7 Å². The predicted molar refractivity (Wildman–Crippen MR) is 97.9 cm³/mol. The topological polar surface area (TPSA) is 66.5 Å². The lowest BCUT2D eigenvalue weighted by Gasteiger charge is -2.22. The quantitative estimate of drug-likeness (QED) is 0.766. The summed E-state index contributed by atoms with van der Waals surface area (Å²) in [5.41, 5.74) is -0.104. The van der Waals surface area contributed by atoms with E-state index < -0.39 is 33.3 Å². The highest BCUT2D eigenvalue weighted by molar-refractivity contribution is 7.92. The fraction of sp³-hybridized carbons (Fsp3) is 0.235. The van der Waals surface area contributed by atoms with Crippen LogP contribution in [0.15, 0.2) is 42.5 Å². The van der Waals surface area contributed by atoms with E-state index in [1.54, 1.807) is 24.3 Å². The van der Waals surface area contributed by atoms with Crippen molar-refractivity contribution in [2.75, 3.05) is 22.4 Å². The Morgan fingerprint density at radius 1 is 1.12 bits per heavy atom. The molecule has 2 aromatic rings. The number of carbonyl (C=O) groups excluding carboxylic acids is 1. The summed E-state index contributed by atoms with van der Waals surface area (Å²) < 4.78 is 52.1. The van der Waals surface area contributed by atoms with Gasteiger partial charge < -0.3 is 5.32 Å². The van der Waals surface area contributed by atoms with E-state index in [1.165, 1.54) is 6.07 Å². The lowest BCUT2D eigenvalue weighted by molar-refractivity contribution is -0.116. The van der Waals surface area contributed by atoms with Crippen LogP contribution in [0.3, 0.4) is 0 Å².